The van der Waals surface area contributed by atoms with E-state index in [1.165, 1.54) is 18.7 Å². The van der Waals surface area contributed by atoms with Gasteiger partial charge < -0.3 is 10.0 Å². The van der Waals surface area contributed by atoms with Crippen LogP contribution in [0.2, 0.25) is 0 Å². The van der Waals surface area contributed by atoms with Gasteiger partial charge >= 0.3 is 5.97 Å². The van der Waals surface area contributed by atoms with Crippen LogP contribution in [0.3, 0.4) is 0 Å². The lowest BCUT2D eigenvalue weighted by molar-refractivity contribution is -0.153. The molecule has 0 saturated carbocycles. The summed E-state index contributed by atoms with van der Waals surface area (Å²) in [4.78, 5) is 46.0. The molecule has 18 heavy (non-hydrogen) atoms. The van der Waals surface area contributed by atoms with Crippen molar-refractivity contribution in [3.63, 3.8) is 0 Å². The Balaban J connectivity index is 2.87. The van der Waals surface area contributed by atoms with Crippen LogP contribution in [0.15, 0.2) is 5.29 Å². The van der Waals surface area contributed by atoms with Crippen LogP contribution < -0.4 is 0 Å². The zero-order valence-corrected chi connectivity index (χ0v) is 10.2. The Morgan fingerprint density at radius 3 is 2.50 bits per heavy atom. The standard InChI is InChI=1S/C10H15N3O5/c1-6(10(16)17)13(11-18)9(15)8-4-3-5-12(8)7(2)14/h6,8H,3-5H2,1-2H3,(H,16,17)/t6-,8-/m0/s1. The molecule has 1 aliphatic rings. The van der Waals surface area contributed by atoms with Crippen molar-refractivity contribution in [2.75, 3.05) is 6.54 Å². The average molecular weight is 257 g/mol. The quantitative estimate of drug-likeness (QED) is 0.562. The van der Waals surface area contributed by atoms with Gasteiger partial charge in [-0.25, -0.2) is 4.79 Å². The molecule has 1 heterocycles. The molecule has 0 aromatic heterocycles. The van der Waals surface area contributed by atoms with Gasteiger partial charge in [-0.15, -0.1) is 4.91 Å². The van der Waals surface area contributed by atoms with Gasteiger partial charge in [-0.05, 0) is 19.8 Å². The van der Waals surface area contributed by atoms with Crippen molar-refractivity contribution in [2.24, 2.45) is 5.29 Å². The van der Waals surface area contributed by atoms with Crippen molar-refractivity contribution in [2.45, 2.75) is 38.8 Å². The molecule has 2 atom stereocenters. The van der Waals surface area contributed by atoms with E-state index < -0.39 is 24.0 Å². The molecule has 1 rings (SSSR count). The Kier molecular flexibility index (Phi) is 4.35. The number of carboxylic acids is 1. The molecule has 0 bridgehead atoms. The second-order valence-electron chi connectivity index (χ2n) is 4.15. The third-order valence-electron chi connectivity index (χ3n) is 2.98. The summed E-state index contributed by atoms with van der Waals surface area (Å²) < 4.78 is 0. The van der Waals surface area contributed by atoms with Gasteiger partial charge in [0.05, 0.1) is 5.29 Å². The number of carbonyl (C=O) groups excluding carboxylic acids is 2. The van der Waals surface area contributed by atoms with Gasteiger partial charge in [0.25, 0.3) is 5.91 Å². The number of carbonyl (C=O) groups is 3. The van der Waals surface area contributed by atoms with Crippen molar-refractivity contribution >= 4 is 17.8 Å². The van der Waals surface area contributed by atoms with E-state index in [0.29, 0.717) is 24.4 Å². The highest BCUT2D eigenvalue weighted by Gasteiger charge is 2.38. The Hall–Kier alpha value is -1.99. The van der Waals surface area contributed by atoms with Crippen LogP contribution in [0, 0.1) is 4.91 Å². The molecule has 1 saturated heterocycles. The van der Waals surface area contributed by atoms with Gasteiger partial charge in [-0.2, -0.15) is 5.01 Å². The summed E-state index contributed by atoms with van der Waals surface area (Å²) in [6, 6.07) is -2.13. The lowest BCUT2D eigenvalue weighted by Gasteiger charge is -2.26. The summed E-state index contributed by atoms with van der Waals surface area (Å²) in [5, 5.41) is 11.6. The molecule has 0 spiro atoms. The number of hydrogen-bond acceptors (Lipinski definition) is 5. The number of nitroso groups, excluding NO2 is 1. The first-order chi connectivity index (χ1) is 8.40. The van der Waals surface area contributed by atoms with Crippen molar-refractivity contribution in [1.29, 1.82) is 0 Å². The van der Waals surface area contributed by atoms with Crippen LogP contribution >= 0.6 is 0 Å². The lowest BCUT2D eigenvalue weighted by atomic mass is 10.2. The summed E-state index contributed by atoms with van der Waals surface area (Å²) in [5.41, 5.74) is 0. The highest BCUT2D eigenvalue weighted by atomic mass is 16.4. The summed E-state index contributed by atoms with van der Waals surface area (Å²) in [7, 11) is 0. The van der Waals surface area contributed by atoms with E-state index in [1.807, 2.05) is 0 Å². The highest BCUT2D eigenvalue weighted by molar-refractivity contribution is 5.90. The maximum atomic E-state index is 12.0. The molecule has 8 nitrogen and oxygen atoms in total. The number of hydrogen-bond donors (Lipinski definition) is 1. The number of carboxylic acid groups (broad SMARTS) is 1. The monoisotopic (exact) mass is 257 g/mol. The van der Waals surface area contributed by atoms with Gasteiger partial charge in [-0.3, -0.25) is 9.59 Å². The molecular formula is C10H15N3O5. The normalized spacial score (nSPS) is 20.3. The molecule has 0 aromatic rings. The first-order valence-electron chi connectivity index (χ1n) is 5.56. The number of amides is 2. The first-order valence-corrected chi connectivity index (χ1v) is 5.56. The number of nitrogens with zero attached hydrogens (tertiary/aromatic N) is 3. The van der Waals surface area contributed by atoms with Crippen LogP contribution in [0.25, 0.3) is 0 Å². The third-order valence-corrected chi connectivity index (χ3v) is 2.98. The molecule has 0 aromatic carbocycles. The molecule has 100 valence electrons. The molecule has 0 unspecified atom stereocenters. The summed E-state index contributed by atoms with van der Waals surface area (Å²) >= 11 is 0. The minimum Gasteiger partial charge on any atom is -0.480 e. The zero-order chi connectivity index (χ0) is 13.9. The van der Waals surface area contributed by atoms with Gasteiger partial charge in [0.15, 0.2) is 6.04 Å². The first kappa shape index (κ1) is 14.1. The SMILES string of the molecule is CC(=O)N1CCC[C@H]1C(=O)N(N=O)[C@@H](C)C(=O)O. The Morgan fingerprint density at radius 1 is 1.44 bits per heavy atom. The molecule has 1 N–H and O–H groups in total. The summed E-state index contributed by atoms with van der Waals surface area (Å²) in [6.45, 7) is 2.94. The van der Waals surface area contributed by atoms with Crippen LogP contribution in [0.5, 0.6) is 0 Å². The van der Waals surface area contributed by atoms with E-state index in [-0.39, 0.29) is 5.91 Å². The molecular weight excluding hydrogens is 242 g/mol. The second kappa shape index (κ2) is 5.56. The largest absolute Gasteiger partial charge is 0.480 e. The Morgan fingerprint density at radius 2 is 2.06 bits per heavy atom. The van der Waals surface area contributed by atoms with E-state index in [9.17, 15) is 19.3 Å². The van der Waals surface area contributed by atoms with Crippen LogP contribution in [-0.4, -0.2) is 51.4 Å². The zero-order valence-electron chi connectivity index (χ0n) is 10.2. The van der Waals surface area contributed by atoms with Gasteiger partial charge in [0.2, 0.25) is 5.91 Å². The molecule has 2 amide bonds. The summed E-state index contributed by atoms with van der Waals surface area (Å²) in [5.74, 6) is -2.34. The van der Waals surface area contributed by atoms with Crippen LogP contribution in [-0.2, 0) is 14.4 Å². The van der Waals surface area contributed by atoms with Crippen molar-refractivity contribution in [1.82, 2.24) is 9.91 Å². The van der Waals surface area contributed by atoms with Crippen molar-refractivity contribution < 1.29 is 19.5 Å². The fourth-order valence-electron chi connectivity index (χ4n) is 1.96. The topological polar surface area (TPSA) is 107 Å². The minimum absolute atomic E-state index is 0.278. The Labute approximate surface area is 103 Å². The summed E-state index contributed by atoms with van der Waals surface area (Å²) in [6.07, 6.45) is 1.06. The van der Waals surface area contributed by atoms with Gasteiger partial charge in [0, 0.05) is 13.5 Å². The number of rotatable bonds is 4. The third kappa shape index (κ3) is 2.63. The second-order valence-corrected chi connectivity index (χ2v) is 4.15. The number of aliphatic carboxylic acids is 1. The maximum Gasteiger partial charge on any atom is 0.328 e. The maximum absolute atomic E-state index is 12.0. The van der Waals surface area contributed by atoms with Crippen LogP contribution in [0.4, 0.5) is 0 Å². The fourth-order valence-corrected chi connectivity index (χ4v) is 1.96. The lowest BCUT2D eigenvalue weighted by Crippen LogP contribution is -2.49. The van der Waals surface area contributed by atoms with E-state index in [1.54, 1.807) is 0 Å². The average Bonchev–Trinajstić information content (AvgIpc) is 2.78. The number of likely N-dealkylation sites (tertiary alicyclic amines) is 1. The Bertz CT molecular complexity index is 384. The smallest absolute Gasteiger partial charge is 0.328 e. The molecule has 0 radical (unpaired) electrons. The molecule has 8 heteroatoms. The predicted molar refractivity (Wildman–Crippen MR) is 60.1 cm³/mol. The van der Waals surface area contributed by atoms with Gasteiger partial charge in [-0.1, -0.05) is 0 Å². The van der Waals surface area contributed by atoms with E-state index >= 15 is 0 Å². The predicted octanol–water partition coefficient (Wildman–Crippen LogP) is -0.0196. The van der Waals surface area contributed by atoms with Gasteiger partial charge in [0.1, 0.15) is 6.04 Å². The highest BCUT2D eigenvalue weighted by Crippen LogP contribution is 2.20. The van der Waals surface area contributed by atoms with Crippen molar-refractivity contribution in [3.8, 4) is 0 Å². The van der Waals surface area contributed by atoms with Crippen LogP contribution in [0.1, 0.15) is 26.7 Å². The fraction of sp³-hybridized carbons (Fsp3) is 0.700. The minimum atomic E-state index is -1.34. The van der Waals surface area contributed by atoms with E-state index in [2.05, 4.69) is 5.29 Å². The molecule has 0 aliphatic carbocycles. The van der Waals surface area contributed by atoms with E-state index in [0.717, 1.165) is 0 Å². The van der Waals surface area contributed by atoms with E-state index in [4.69, 9.17) is 5.11 Å². The molecule has 1 aliphatic heterocycles. The van der Waals surface area contributed by atoms with Crippen molar-refractivity contribution in [3.05, 3.63) is 4.91 Å². The molecule has 1 fully saturated rings.